The van der Waals surface area contributed by atoms with Crippen molar-refractivity contribution in [1.82, 2.24) is 0 Å². The van der Waals surface area contributed by atoms with Crippen molar-refractivity contribution in [1.29, 1.82) is 0 Å². The Labute approximate surface area is 439 Å². The van der Waals surface area contributed by atoms with Gasteiger partial charge >= 0.3 is 0 Å². The summed E-state index contributed by atoms with van der Waals surface area (Å²) in [5.74, 6) is 0. The Hall–Kier alpha value is -0.156. The Balaban J connectivity index is -0.0000000659. The molecular formula is C46H113Cl3N4O13Si2. The first-order valence-corrected chi connectivity index (χ1v) is 26.4. The lowest BCUT2D eigenvalue weighted by molar-refractivity contribution is -0.710. The smallest absolute Gasteiger partial charge is 0.211 e. The molecule has 0 amide bonds. The number of aliphatic hydroxyl groups is 8. The number of rotatable bonds is 21. The number of ether oxygens (including phenoxy) is 2. The molecule has 5 unspecified atom stereocenters. The molecule has 2 aliphatic heterocycles. The molecule has 424 valence electrons. The third-order valence-corrected chi connectivity index (χ3v) is 11.9. The summed E-state index contributed by atoms with van der Waals surface area (Å²) < 4.78 is 15.2. The average Bonchev–Trinajstić information content (AvgIpc) is 3.27. The maximum Gasteiger partial charge on any atom is 0.211 e. The van der Waals surface area contributed by atoms with Crippen LogP contribution in [0.15, 0.2) is 36.0 Å². The Morgan fingerprint density at radius 3 is 1.53 bits per heavy atom. The van der Waals surface area contributed by atoms with Crippen LogP contribution < -0.4 is 46.9 Å². The van der Waals surface area contributed by atoms with E-state index in [0.717, 1.165) is 32.2 Å². The van der Waals surface area contributed by atoms with Crippen molar-refractivity contribution in [3.63, 3.8) is 0 Å². The molecule has 2 fully saturated rings. The van der Waals surface area contributed by atoms with Crippen LogP contribution in [-0.4, -0.2) is 185 Å². The van der Waals surface area contributed by atoms with Crippen molar-refractivity contribution in [2.75, 3.05) is 58.8 Å². The Morgan fingerprint density at radius 2 is 1.18 bits per heavy atom. The normalized spacial score (nSPS) is 24.7. The predicted molar refractivity (Wildman–Crippen MR) is 283 cm³/mol. The number of allylic oxidation sites excluding steroid dienone is 3. The summed E-state index contributed by atoms with van der Waals surface area (Å²) in [5.41, 5.74) is 13.1. The van der Waals surface area contributed by atoms with Crippen molar-refractivity contribution >= 4 is 30.9 Å². The van der Waals surface area contributed by atoms with Crippen molar-refractivity contribution in [3.05, 3.63) is 36.0 Å². The van der Waals surface area contributed by atoms with Crippen molar-refractivity contribution in [2.45, 2.75) is 204 Å². The SMILES string of the molecule is C.C.C.C.C.C=CC(C)(Cl)CC.CCC(C)=CC[NH2+]C1[C@@H](O)[C@@H](O)C(CO)O[C@@H]1O.CCOOCC.CCO[SiH2]CCC[NH2+]CC=C(C)CC.C[SiH2]CN.NC1[C@@H](O)[C@@H](O)C(CO)O[C@@H]1O.[Cl-].[Cl-]. The largest absolute Gasteiger partial charge is 1.00 e. The van der Waals surface area contributed by atoms with Crippen molar-refractivity contribution in [2.24, 2.45) is 11.5 Å². The number of halogens is 3. The molecule has 0 radical (unpaired) electrons. The summed E-state index contributed by atoms with van der Waals surface area (Å²) in [6.07, 6.45) is 2.16. The van der Waals surface area contributed by atoms with Gasteiger partial charge in [-0.3, -0.25) is 0 Å². The van der Waals surface area contributed by atoms with E-state index in [1.807, 2.05) is 40.7 Å². The molecule has 2 rings (SSSR count). The minimum absolute atomic E-state index is 0. The quantitative estimate of drug-likeness (QED) is 0.0128. The molecular weight excluding hydrogens is 979 g/mol. The lowest BCUT2D eigenvalue weighted by Gasteiger charge is -2.38. The molecule has 0 aromatic carbocycles. The molecule has 22 heteroatoms. The summed E-state index contributed by atoms with van der Waals surface area (Å²) >= 11 is 5.79. The summed E-state index contributed by atoms with van der Waals surface area (Å²) in [6, 6.07) is -0.354. The van der Waals surface area contributed by atoms with E-state index in [9.17, 15) is 25.5 Å². The fourth-order valence-corrected chi connectivity index (χ4v) is 5.54. The number of alkyl halides is 1. The van der Waals surface area contributed by atoms with E-state index in [-0.39, 0.29) is 86.1 Å². The van der Waals surface area contributed by atoms with E-state index >= 15 is 0 Å². The molecule has 0 spiro atoms. The van der Waals surface area contributed by atoms with Gasteiger partial charge in [0.15, 0.2) is 22.1 Å². The lowest BCUT2D eigenvalue weighted by Crippen LogP contribution is -3.00. The average molecular weight is 1090 g/mol. The molecule has 68 heavy (non-hydrogen) atoms. The first kappa shape index (κ1) is 93.8. The first-order valence-electron chi connectivity index (χ1n) is 22.0. The molecule has 2 heterocycles. The first-order chi connectivity index (χ1) is 28.8. The van der Waals surface area contributed by atoms with Gasteiger partial charge < -0.3 is 102 Å². The standard InChI is InChI=1S/C12H23NO5.C11H25NOSi.C6H11Cl.C6H13NO5.C4H10O2.C2H9NSi.5CH4.2ClH/c1-3-7(2)4-5-13-9-11(16)10(15)8(6-14)18-12(9)17;1-4-11(3)7-9-12-8-6-10-14-13-5-2;1-4-6(3,7)5-2;7-3-5(10)4(9)2(1-8)12-6(3)11;1-3-5-6-4-2;1-4-2-3;;;;;;;/h4,8-17H,3,5-6H2,1-2H3;7,12H,4-6,8-10,14H2,1-3H3;4H,1,5H2,2-3H3;2-6,8-11H,1,7H2;3-4H2,1-2H3;2-4H2,1H3;5*1H4;2*1H/t8?,9?,10-,11+,12-;;;2?,3?,4-,5+,6-;;;;;;;;;/m0..0........./s1. The zero-order valence-electron chi connectivity index (χ0n) is 40.1. The monoisotopic (exact) mass is 1090 g/mol. The van der Waals surface area contributed by atoms with Crippen LogP contribution in [0.5, 0.6) is 0 Å². The number of aliphatic hydroxyl groups excluding tert-OH is 8. The van der Waals surface area contributed by atoms with Gasteiger partial charge in [-0.25, -0.2) is 9.78 Å². The second kappa shape index (κ2) is 63.0. The summed E-state index contributed by atoms with van der Waals surface area (Å²) in [5, 5.41) is 78.4. The van der Waals surface area contributed by atoms with Gasteiger partial charge in [0.2, 0.25) is 6.29 Å². The summed E-state index contributed by atoms with van der Waals surface area (Å²) in [7, 11) is 0.0237. The van der Waals surface area contributed by atoms with Gasteiger partial charge in [0.05, 0.1) is 57.0 Å². The van der Waals surface area contributed by atoms with Crippen LogP contribution in [0, 0.1) is 0 Å². The van der Waals surface area contributed by atoms with Gasteiger partial charge in [0.1, 0.15) is 36.6 Å². The van der Waals surface area contributed by atoms with Gasteiger partial charge in [-0.2, -0.15) is 0 Å². The van der Waals surface area contributed by atoms with Crippen molar-refractivity contribution in [3.8, 4) is 0 Å². The number of hydrogen-bond donors (Lipinski definition) is 12. The molecule has 0 saturated carbocycles. The molecule has 0 aromatic heterocycles. The number of nitrogens with two attached hydrogens (primary N) is 4. The molecule has 17 nitrogen and oxygen atoms in total. The predicted octanol–water partition coefficient (Wildman–Crippen LogP) is -4.85. The second-order valence-electron chi connectivity index (χ2n) is 14.5. The van der Waals surface area contributed by atoms with E-state index < -0.39 is 74.5 Å². The third kappa shape index (κ3) is 50.8. The minimum Gasteiger partial charge on any atom is -1.00 e. The van der Waals surface area contributed by atoms with Gasteiger partial charge in [-0.05, 0) is 91.6 Å². The molecule has 11 atom stereocenters. The zero-order chi connectivity index (χ0) is 47.8. The van der Waals surface area contributed by atoms with E-state index in [2.05, 4.69) is 62.0 Å². The maximum atomic E-state index is 9.88. The van der Waals surface area contributed by atoms with Crippen LogP contribution in [-0.2, 0) is 23.7 Å². The van der Waals surface area contributed by atoms with Gasteiger partial charge in [0, 0.05) is 16.1 Å². The highest BCUT2D eigenvalue weighted by atomic mass is 35.5. The Bertz CT molecular complexity index is 1050. The van der Waals surface area contributed by atoms with Crippen LogP contribution in [0.1, 0.15) is 125 Å². The van der Waals surface area contributed by atoms with E-state index in [1.165, 1.54) is 36.6 Å². The highest BCUT2D eigenvalue weighted by Crippen LogP contribution is 2.19. The van der Waals surface area contributed by atoms with Crippen LogP contribution in [0.4, 0.5) is 0 Å². The molecule has 16 N–H and O–H groups in total. The highest BCUT2D eigenvalue weighted by molar-refractivity contribution is 6.33. The molecule has 0 aliphatic carbocycles. The van der Waals surface area contributed by atoms with Crippen molar-refractivity contribution < 1.29 is 100.0 Å². The van der Waals surface area contributed by atoms with Crippen LogP contribution >= 0.6 is 11.6 Å². The van der Waals surface area contributed by atoms with Gasteiger partial charge in [0.25, 0.3) is 0 Å². The number of quaternary nitrogens is 2. The topological polar surface area (TPSA) is 293 Å². The van der Waals surface area contributed by atoms with Gasteiger partial charge in [-0.15, -0.1) is 18.2 Å². The van der Waals surface area contributed by atoms with Crippen LogP contribution in [0.3, 0.4) is 0 Å². The second-order valence-corrected chi connectivity index (χ2v) is 18.5. The Kier molecular flexibility index (Phi) is 86.9. The molecule has 2 saturated heterocycles. The summed E-state index contributed by atoms with van der Waals surface area (Å²) in [4.78, 5) is 8.78. The fraction of sp³-hybridized carbons (Fsp3) is 0.870. The van der Waals surface area contributed by atoms with E-state index in [4.69, 9.17) is 52.3 Å². The molecule has 0 bridgehead atoms. The minimum atomic E-state index is -1.35. The fourth-order valence-electron chi connectivity index (χ4n) is 4.56. The number of hydrogen-bond acceptors (Lipinski definition) is 15. The summed E-state index contributed by atoms with van der Waals surface area (Å²) in [6.45, 7) is 28.3. The third-order valence-electron chi connectivity index (χ3n) is 9.40. The zero-order valence-corrected chi connectivity index (χ0v) is 45.2. The van der Waals surface area contributed by atoms with Gasteiger partial charge in [-0.1, -0.05) is 81.7 Å². The highest BCUT2D eigenvalue weighted by Gasteiger charge is 2.46. The van der Waals surface area contributed by atoms with Crippen LogP contribution in [0.2, 0.25) is 12.6 Å². The van der Waals surface area contributed by atoms with E-state index in [1.54, 1.807) is 11.4 Å². The molecule has 0 aromatic rings. The van der Waals surface area contributed by atoms with Crippen LogP contribution in [0.25, 0.3) is 0 Å². The van der Waals surface area contributed by atoms with E-state index in [0.29, 0.717) is 19.8 Å². The maximum absolute atomic E-state index is 9.88. The Morgan fingerprint density at radius 1 is 0.750 bits per heavy atom. The molecule has 2 aliphatic rings. The lowest BCUT2D eigenvalue weighted by atomic mass is 9.97.